The van der Waals surface area contributed by atoms with Gasteiger partial charge in [0.25, 0.3) is 5.91 Å². The molecule has 0 aliphatic carbocycles. The fraction of sp³-hybridized carbons (Fsp3) is 0.350. The average Bonchev–Trinajstić information content (AvgIpc) is 3.25. The Bertz CT molecular complexity index is 1130. The molecule has 4 rings (SSSR count). The van der Waals surface area contributed by atoms with E-state index in [2.05, 4.69) is 10.2 Å². The highest BCUT2D eigenvalue weighted by atomic mass is 19.2. The SMILES string of the molecule is COc1cc(C(=O)N2CCc3c(nn(C)c3-c3cc(F)c(F)c(F)c3)[C@@H]2C)nn1C. The van der Waals surface area contributed by atoms with Crippen molar-refractivity contribution in [2.45, 2.75) is 19.4 Å². The Hall–Kier alpha value is -3.30. The summed E-state index contributed by atoms with van der Waals surface area (Å²) in [5.74, 6) is -3.83. The van der Waals surface area contributed by atoms with E-state index in [0.29, 0.717) is 30.2 Å². The van der Waals surface area contributed by atoms with Crippen LogP contribution in [0.1, 0.15) is 34.7 Å². The number of aromatic nitrogens is 4. The van der Waals surface area contributed by atoms with E-state index in [-0.39, 0.29) is 23.2 Å². The molecule has 158 valence electrons. The first-order valence-corrected chi connectivity index (χ1v) is 9.32. The van der Waals surface area contributed by atoms with E-state index < -0.39 is 17.5 Å². The van der Waals surface area contributed by atoms with Crippen LogP contribution >= 0.6 is 0 Å². The number of hydrogen-bond donors (Lipinski definition) is 0. The summed E-state index contributed by atoms with van der Waals surface area (Å²) < 4.78 is 49.1. The van der Waals surface area contributed by atoms with Gasteiger partial charge in [0.2, 0.25) is 5.88 Å². The summed E-state index contributed by atoms with van der Waals surface area (Å²) in [5, 5.41) is 8.69. The molecule has 2 aromatic heterocycles. The van der Waals surface area contributed by atoms with Gasteiger partial charge in [-0.15, -0.1) is 0 Å². The maximum Gasteiger partial charge on any atom is 0.275 e. The van der Waals surface area contributed by atoms with E-state index >= 15 is 0 Å². The number of rotatable bonds is 3. The van der Waals surface area contributed by atoms with Crippen molar-refractivity contribution in [2.75, 3.05) is 13.7 Å². The van der Waals surface area contributed by atoms with Crippen molar-refractivity contribution in [3.8, 4) is 17.1 Å². The summed E-state index contributed by atoms with van der Waals surface area (Å²) in [6, 6.07) is 3.10. The third-order valence-corrected chi connectivity index (χ3v) is 5.43. The quantitative estimate of drug-likeness (QED) is 0.613. The van der Waals surface area contributed by atoms with Gasteiger partial charge in [-0.3, -0.25) is 9.48 Å². The second kappa shape index (κ2) is 7.19. The molecule has 0 saturated heterocycles. The highest BCUT2D eigenvalue weighted by Gasteiger charge is 2.34. The molecular formula is C20H20F3N5O2. The number of carbonyl (C=O) groups excluding carboxylic acids is 1. The van der Waals surface area contributed by atoms with Gasteiger partial charge >= 0.3 is 0 Å². The van der Waals surface area contributed by atoms with E-state index in [1.807, 2.05) is 6.92 Å². The van der Waals surface area contributed by atoms with Gasteiger partial charge in [0.1, 0.15) is 0 Å². The van der Waals surface area contributed by atoms with Gasteiger partial charge < -0.3 is 9.64 Å². The first-order valence-electron chi connectivity index (χ1n) is 9.32. The van der Waals surface area contributed by atoms with Crippen molar-refractivity contribution in [3.05, 3.63) is 52.6 Å². The molecule has 0 unspecified atom stereocenters. The highest BCUT2D eigenvalue weighted by molar-refractivity contribution is 5.93. The summed E-state index contributed by atoms with van der Waals surface area (Å²) in [6.45, 7) is 2.20. The van der Waals surface area contributed by atoms with Crippen LogP contribution in [0.5, 0.6) is 5.88 Å². The van der Waals surface area contributed by atoms with Gasteiger partial charge in [0, 0.05) is 37.8 Å². The van der Waals surface area contributed by atoms with Gasteiger partial charge in [-0.2, -0.15) is 10.2 Å². The van der Waals surface area contributed by atoms with Gasteiger partial charge in [-0.1, -0.05) is 0 Å². The number of fused-ring (bicyclic) bond motifs is 1. The lowest BCUT2D eigenvalue weighted by molar-refractivity contribution is 0.0666. The molecule has 7 nitrogen and oxygen atoms in total. The zero-order valence-corrected chi connectivity index (χ0v) is 16.9. The molecule has 1 aromatic carbocycles. The Morgan fingerprint density at radius 1 is 1.10 bits per heavy atom. The van der Waals surface area contributed by atoms with Crippen molar-refractivity contribution in [1.29, 1.82) is 0 Å². The first kappa shape index (κ1) is 20.0. The lowest BCUT2D eigenvalue weighted by Gasteiger charge is -2.32. The topological polar surface area (TPSA) is 65.2 Å². The van der Waals surface area contributed by atoms with Gasteiger partial charge in [-0.25, -0.2) is 17.9 Å². The van der Waals surface area contributed by atoms with E-state index in [4.69, 9.17) is 4.74 Å². The largest absolute Gasteiger partial charge is 0.481 e. The number of benzene rings is 1. The Balaban J connectivity index is 1.70. The summed E-state index contributed by atoms with van der Waals surface area (Å²) >= 11 is 0. The molecule has 30 heavy (non-hydrogen) atoms. The predicted molar refractivity (Wildman–Crippen MR) is 101 cm³/mol. The second-order valence-electron chi connectivity index (χ2n) is 7.21. The summed E-state index contributed by atoms with van der Waals surface area (Å²) in [5.41, 5.74) is 2.35. The predicted octanol–water partition coefficient (Wildman–Crippen LogP) is 3.01. The summed E-state index contributed by atoms with van der Waals surface area (Å²) in [7, 11) is 4.83. The number of aryl methyl sites for hydroxylation is 2. The monoisotopic (exact) mass is 419 g/mol. The Morgan fingerprint density at radius 3 is 2.37 bits per heavy atom. The first-order chi connectivity index (χ1) is 14.2. The molecule has 3 heterocycles. The maximum atomic E-state index is 13.8. The van der Waals surface area contributed by atoms with Gasteiger partial charge in [0.15, 0.2) is 23.1 Å². The maximum absolute atomic E-state index is 13.8. The van der Waals surface area contributed by atoms with Crippen LogP contribution in [0, 0.1) is 17.5 Å². The smallest absolute Gasteiger partial charge is 0.275 e. The fourth-order valence-electron chi connectivity index (χ4n) is 3.97. The van der Waals surface area contributed by atoms with Crippen molar-refractivity contribution in [3.63, 3.8) is 0 Å². The second-order valence-corrected chi connectivity index (χ2v) is 7.21. The van der Waals surface area contributed by atoms with E-state index in [0.717, 1.165) is 17.7 Å². The molecule has 0 radical (unpaired) electrons. The van der Waals surface area contributed by atoms with Crippen LogP contribution in [0.25, 0.3) is 11.3 Å². The molecule has 10 heteroatoms. The fourth-order valence-corrected chi connectivity index (χ4v) is 3.97. The summed E-state index contributed by atoms with van der Waals surface area (Å²) in [6.07, 6.45) is 0.430. The van der Waals surface area contributed by atoms with Crippen LogP contribution in [-0.2, 0) is 20.5 Å². The lowest BCUT2D eigenvalue weighted by Crippen LogP contribution is -2.39. The lowest BCUT2D eigenvalue weighted by atomic mass is 9.95. The molecule has 1 aliphatic heterocycles. The van der Waals surface area contributed by atoms with Crippen LogP contribution in [-0.4, -0.2) is 44.0 Å². The molecule has 1 aliphatic rings. The Kier molecular flexibility index (Phi) is 4.79. The molecule has 3 aromatic rings. The van der Waals surface area contributed by atoms with Crippen LogP contribution in [0.4, 0.5) is 13.2 Å². The molecule has 1 amide bonds. The van der Waals surface area contributed by atoms with Crippen LogP contribution in [0.2, 0.25) is 0 Å². The van der Waals surface area contributed by atoms with Crippen molar-refractivity contribution >= 4 is 5.91 Å². The number of amides is 1. The normalized spacial score (nSPS) is 16.0. The van der Waals surface area contributed by atoms with Gasteiger partial charge in [0.05, 0.1) is 24.5 Å². The van der Waals surface area contributed by atoms with Crippen LogP contribution < -0.4 is 4.74 Å². The zero-order chi connectivity index (χ0) is 21.7. The number of hydrogen-bond acceptors (Lipinski definition) is 4. The van der Waals surface area contributed by atoms with Crippen LogP contribution in [0.3, 0.4) is 0 Å². The molecule has 0 spiro atoms. The molecule has 0 saturated carbocycles. The number of nitrogens with zero attached hydrogens (tertiary/aromatic N) is 5. The highest BCUT2D eigenvalue weighted by Crippen LogP contribution is 2.36. The molecule has 0 N–H and O–H groups in total. The van der Waals surface area contributed by atoms with Gasteiger partial charge in [-0.05, 0) is 25.5 Å². The van der Waals surface area contributed by atoms with Crippen molar-refractivity contribution in [1.82, 2.24) is 24.5 Å². The minimum absolute atomic E-state index is 0.198. The number of ether oxygens (including phenoxy) is 1. The Morgan fingerprint density at radius 2 is 1.77 bits per heavy atom. The van der Waals surface area contributed by atoms with E-state index in [1.165, 1.54) is 16.5 Å². The van der Waals surface area contributed by atoms with E-state index in [9.17, 15) is 18.0 Å². The van der Waals surface area contributed by atoms with E-state index in [1.54, 1.807) is 25.1 Å². The van der Waals surface area contributed by atoms with Crippen molar-refractivity contribution in [2.24, 2.45) is 14.1 Å². The minimum atomic E-state index is -1.51. The number of carbonyl (C=O) groups is 1. The third kappa shape index (κ3) is 3.03. The third-order valence-electron chi connectivity index (χ3n) is 5.43. The minimum Gasteiger partial charge on any atom is -0.481 e. The number of halogens is 3. The average molecular weight is 419 g/mol. The summed E-state index contributed by atoms with van der Waals surface area (Å²) in [4.78, 5) is 14.7. The standard InChI is InChI=1S/C20H20F3N5O2/c1-10-18-12(5-6-28(10)20(29)15-9-16(30-4)26(2)24-15)19(27(3)25-18)11-7-13(21)17(23)14(22)8-11/h7-10H,5-6H2,1-4H3/t10-/m0/s1. The van der Waals surface area contributed by atoms with Crippen LogP contribution in [0.15, 0.2) is 18.2 Å². The molecule has 0 fully saturated rings. The zero-order valence-electron chi connectivity index (χ0n) is 16.9. The molecule has 1 atom stereocenters. The Labute approximate surface area is 170 Å². The molecule has 0 bridgehead atoms. The number of methoxy groups -OCH3 is 1. The molecular weight excluding hydrogens is 399 g/mol. The van der Waals surface area contributed by atoms with Crippen molar-refractivity contribution < 1.29 is 22.7 Å².